The van der Waals surface area contributed by atoms with Crippen LogP contribution in [0.15, 0.2) is 24.3 Å². The molecule has 0 aromatic heterocycles. The molecule has 0 bridgehead atoms. The Labute approximate surface area is 165 Å². The third-order valence-corrected chi connectivity index (χ3v) is 4.42. The van der Waals surface area contributed by atoms with E-state index in [0.717, 1.165) is 31.8 Å². The second kappa shape index (κ2) is 9.27. The number of carbonyl (C=O) groups is 2. The van der Waals surface area contributed by atoms with E-state index in [2.05, 4.69) is 16.7 Å². The molecule has 1 saturated carbocycles. The number of hydrogen-bond donors (Lipinski definition) is 3. The highest BCUT2D eigenvalue weighted by Crippen LogP contribution is 2.28. The van der Waals surface area contributed by atoms with Gasteiger partial charge in [-0.05, 0) is 64.2 Å². The summed E-state index contributed by atoms with van der Waals surface area (Å²) in [6.07, 6.45) is 5.38. The number of carboxylic acids is 1. The lowest BCUT2D eigenvalue weighted by molar-refractivity contribution is -0.131. The summed E-state index contributed by atoms with van der Waals surface area (Å²) >= 11 is 0. The maximum Gasteiger partial charge on any atom is 0.407 e. The standard InChI is InChI=1S/C21H27N3O4/c1-21(2,3)28-20(27)24-17-10-8-16(9-11-17)23-19-14(7-12-18(25)26)5-4-6-15(19)13-22/h4-7,12,16-17,23H,8-11H2,1-3H3,(H,24,27)(H,25,26)/b12-7+. The molecular formula is C21H27N3O4. The number of para-hydroxylation sites is 1. The smallest absolute Gasteiger partial charge is 0.407 e. The van der Waals surface area contributed by atoms with Gasteiger partial charge in [0.05, 0.1) is 11.3 Å². The SMILES string of the molecule is CC(C)(C)OC(=O)NC1CCC(Nc2c(C#N)cccc2/C=C/C(=O)O)CC1. The van der Waals surface area contributed by atoms with Crippen LogP contribution in [-0.4, -0.2) is 34.9 Å². The van der Waals surface area contributed by atoms with E-state index >= 15 is 0 Å². The molecule has 1 aromatic rings. The monoisotopic (exact) mass is 385 g/mol. The van der Waals surface area contributed by atoms with Gasteiger partial charge < -0.3 is 20.5 Å². The summed E-state index contributed by atoms with van der Waals surface area (Å²) in [5, 5.41) is 24.6. The van der Waals surface area contributed by atoms with E-state index in [9.17, 15) is 14.9 Å². The maximum atomic E-state index is 11.9. The fourth-order valence-corrected chi connectivity index (χ4v) is 3.18. The van der Waals surface area contributed by atoms with Crippen molar-refractivity contribution in [3.8, 4) is 6.07 Å². The van der Waals surface area contributed by atoms with E-state index in [1.807, 2.05) is 20.8 Å². The fourth-order valence-electron chi connectivity index (χ4n) is 3.18. The Morgan fingerprint density at radius 2 is 1.86 bits per heavy atom. The first-order valence-electron chi connectivity index (χ1n) is 9.38. The zero-order valence-corrected chi connectivity index (χ0v) is 16.5. The topological polar surface area (TPSA) is 111 Å². The third kappa shape index (κ3) is 6.62. The molecule has 3 N–H and O–H groups in total. The predicted octanol–water partition coefficient (Wildman–Crippen LogP) is 3.90. The number of rotatable bonds is 5. The van der Waals surface area contributed by atoms with Crippen LogP contribution in [0, 0.1) is 11.3 Å². The Kier molecular flexibility index (Phi) is 7.05. The average Bonchev–Trinajstić information content (AvgIpc) is 2.60. The number of anilines is 1. The molecular weight excluding hydrogens is 358 g/mol. The summed E-state index contributed by atoms with van der Waals surface area (Å²) in [5.74, 6) is -1.04. The molecule has 7 heteroatoms. The minimum Gasteiger partial charge on any atom is -0.478 e. The number of ether oxygens (including phenoxy) is 1. The summed E-state index contributed by atoms with van der Waals surface area (Å²) in [6.45, 7) is 5.49. The molecule has 0 saturated heterocycles. The first kappa shape index (κ1) is 21.3. The number of nitrogens with zero attached hydrogens (tertiary/aromatic N) is 1. The van der Waals surface area contributed by atoms with E-state index in [-0.39, 0.29) is 12.1 Å². The lowest BCUT2D eigenvalue weighted by atomic mass is 9.90. The molecule has 7 nitrogen and oxygen atoms in total. The largest absolute Gasteiger partial charge is 0.478 e. The quantitative estimate of drug-likeness (QED) is 0.663. The summed E-state index contributed by atoms with van der Waals surface area (Å²) in [4.78, 5) is 22.7. The van der Waals surface area contributed by atoms with Crippen molar-refractivity contribution in [3.05, 3.63) is 35.4 Å². The highest BCUT2D eigenvalue weighted by molar-refractivity contribution is 5.87. The van der Waals surface area contributed by atoms with Gasteiger partial charge in [-0.25, -0.2) is 9.59 Å². The van der Waals surface area contributed by atoms with Crippen LogP contribution in [0.1, 0.15) is 57.6 Å². The molecule has 0 unspecified atom stereocenters. The van der Waals surface area contributed by atoms with Crippen LogP contribution in [0.3, 0.4) is 0 Å². The number of hydrogen-bond acceptors (Lipinski definition) is 5. The number of carbonyl (C=O) groups excluding carboxylic acids is 1. The summed E-state index contributed by atoms with van der Waals surface area (Å²) in [7, 11) is 0. The normalized spacial score (nSPS) is 19.6. The van der Waals surface area contributed by atoms with Gasteiger partial charge in [-0.1, -0.05) is 12.1 Å². The Morgan fingerprint density at radius 3 is 2.43 bits per heavy atom. The molecule has 1 aromatic carbocycles. The molecule has 28 heavy (non-hydrogen) atoms. The summed E-state index contributed by atoms with van der Waals surface area (Å²) in [6, 6.07) is 7.56. The van der Waals surface area contributed by atoms with Crippen molar-refractivity contribution in [2.45, 2.75) is 64.1 Å². The van der Waals surface area contributed by atoms with Crippen molar-refractivity contribution in [1.29, 1.82) is 5.26 Å². The van der Waals surface area contributed by atoms with Gasteiger partial charge in [-0.3, -0.25) is 0 Å². The van der Waals surface area contributed by atoms with Crippen molar-refractivity contribution in [2.24, 2.45) is 0 Å². The van der Waals surface area contributed by atoms with Crippen molar-refractivity contribution >= 4 is 23.8 Å². The molecule has 0 radical (unpaired) electrons. The second-order valence-corrected chi connectivity index (χ2v) is 7.89. The van der Waals surface area contributed by atoms with E-state index in [0.29, 0.717) is 16.8 Å². The average molecular weight is 385 g/mol. The van der Waals surface area contributed by atoms with Gasteiger partial charge >= 0.3 is 12.1 Å². The van der Waals surface area contributed by atoms with Crippen LogP contribution >= 0.6 is 0 Å². The van der Waals surface area contributed by atoms with Gasteiger partial charge in [0.2, 0.25) is 0 Å². The van der Waals surface area contributed by atoms with Gasteiger partial charge in [0.15, 0.2) is 0 Å². The van der Waals surface area contributed by atoms with Crippen molar-refractivity contribution in [2.75, 3.05) is 5.32 Å². The Hall–Kier alpha value is -3.01. The van der Waals surface area contributed by atoms with E-state index in [1.54, 1.807) is 18.2 Å². The Balaban J connectivity index is 1.98. The molecule has 1 amide bonds. The molecule has 0 spiro atoms. The minimum absolute atomic E-state index is 0.0606. The van der Waals surface area contributed by atoms with E-state index in [1.165, 1.54) is 6.08 Å². The van der Waals surface area contributed by atoms with Gasteiger partial charge in [-0.15, -0.1) is 0 Å². The zero-order chi connectivity index (χ0) is 20.7. The highest BCUT2D eigenvalue weighted by Gasteiger charge is 2.25. The fraction of sp³-hybridized carbons (Fsp3) is 0.476. The van der Waals surface area contributed by atoms with Gasteiger partial charge in [0.1, 0.15) is 11.7 Å². The van der Waals surface area contributed by atoms with Crippen LogP contribution in [0.25, 0.3) is 6.08 Å². The van der Waals surface area contributed by atoms with Gasteiger partial charge in [0.25, 0.3) is 0 Å². The minimum atomic E-state index is -1.04. The maximum absolute atomic E-state index is 11.9. The zero-order valence-electron chi connectivity index (χ0n) is 16.5. The van der Waals surface area contributed by atoms with Crippen molar-refractivity contribution in [3.63, 3.8) is 0 Å². The van der Waals surface area contributed by atoms with Crippen molar-refractivity contribution < 1.29 is 19.4 Å². The molecule has 0 aliphatic heterocycles. The Bertz CT molecular complexity index is 782. The molecule has 2 rings (SSSR count). The van der Waals surface area contributed by atoms with E-state index in [4.69, 9.17) is 9.84 Å². The lowest BCUT2D eigenvalue weighted by Gasteiger charge is -2.31. The number of benzene rings is 1. The van der Waals surface area contributed by atoms with Crippen LogP contribution in [0.4, 0.5) is 10.5 Å². The van der Waals surface area contributed by atoms with Crippen LogP contribution in [-0.2, 0) is 9.53 Å². The lowest BCUT2D eigenvalue weighted by Crippen LogP contribution is -2.42. The highest BCUT2D eigenvalue weighted by atomic mass is 16.6. The predicted molar refractivity (Wildman–Crippen MR) is 107 cm³/mol. The number of carboxylic acid groups (broad SMARTS) is 1. The van der Waals surface area contributed by atoms with Crippen molar-refractivity contribution in [1.82, 2.24) is 5.32 Å². The number of amides is 1. The number of nitrogens with one attached hydrogen (secondary N) is 2. The first-order chi connectivity index (χ1) is 13.2. The number of alkyl carbamates (subject to hydrolysis) is 1. The van der Waals surface area contributed by atoms with Crippen LogP contribution in [0.5, 0.6) is 0 Å². The van der Waals surface area contributed by atoms with Crippen LogP contribution < -0.4 is 10.6 Å². The van der Waals surface area contributed by atoms with E-state index < -0.39 is 17.7 Å². The Morgan fingerprint density at radius 1 is 1.21 bits per heavy atom. The summed E-state index contributed by atoms with van der Waals surface area (Å²) in [5.41, 5.74) is 1.26. The van der Waals surface area contributed by atoms with Crippen LogP contribution in [0.2, 0.25) is 0 Å². The second-order valence-electron chi connectivity index (χ2n) is 7.89. The van der Waals surface area contributed by atoms with Gasteiger partial charge in [0, 0.05) is 18.2 Å². The number of aliphatic carboxylic acids is 1. The number of nitriles is 1. The molecule has 150 valence electrons. The third-order valence-electron chi connectivity index (χ3n) is 4.42. The molecule has 0 heterocycles. The molecule has 1 fully saturated rings. The molecule has 1 aliphatic rings. The first-order valence-corrected chi connectivity index (χ1v) is 9.38. The van der Waals surface area contributed by atoms with Gasteiger partial charge in [-0.2, -0.15) is 5.26 Å². The molecule has 1 aliphatic carbocycles. The summed E-state index contributed by atoms with van der Waals surface area (Å²) < 4.78 is 5.30. The molecule has 0 atom stereocenters.